The topological polar surface area (TPSA) is 33.2 Å². The average Bonchev–Trinajstić information content (AvgIpc) is 2.61. The van der Waals surface area contributed by atoms with Gasteiger partial charge in [0.2, 0.25) is 0 Å². The van der Waals surface area contributed by atoms with E-state index >= 15 is 0 Å². The molecule has 0 saturated carbocycles. The molecule has 0 aliphatic carbocycles. The third-order valence-electron chi connectivity index (χ3n) is 4.29. The zero-order chi connectivity index (χ0) is 17.8. The van der Waals surface area contributed by atoms with Gasteiger partial charge in [-0.05, 0) is 42.5 Å². The number of halogens is 2. The van der Waals surface area contributed by atoms with Crippen molar-refractivity contribution in [2.45, 2.75) is 30.4 Å². The summed E-state index contributed by atoms with van der Waals surface area (Å²) >= 11 is 14.0. The lowest BCUT2D eigenvalue weighted by atomic mass is 9.99. The van der Waals surface area contributed by atoms with Gasteiger partial charge >= 0.3 is 0 Å². The molecule has 1 aliphatic heterocycles. The Hall–Kier alpha value is -1.23. The van der Waals surface area contributed by atoms with Gasteiger partial charge in [-0.15, -0.1) is 11.8 Å². The molecule has 1 aliphatic rings. The number of hydrogen-bond donors (Lipinski definition) is 0. The van der Waals surface area contributed by atoms with Crippen LogP contribution >= 0.6 is 35.0 Å². The van der Waals surface area contributed by atoms with Gasteiger partial charge in [-0.25, -0.2) is 0 Å². The number of benzene rings is 1. The lowest BCUT2D eigenvalue weighted by molar-refractivity contribution is 0.0682. The van der Waals surface area contributed by atoms with E-state index in [0.717, 1.165) is 30.0 Å². The maximum absolute atomic E-state index is 12.7. The predicted molar refractivity (Wildman–Crippen MR) is 105 cm³/mol. The Balaban J connectivity index is 1.70. The summed E-state index contributed by atoms with van der Waals surface area (Å²) in [6, 6.07) is 7.40. The number of carbonyl (C=O) groups is 1. The first-order valence-corrected chi connectivity index (χ1v) is 10.1. The zero-order valence-electron chi connectivity index (χ0n) is 14.0. The summed E-state index contributed by atoms with van der Waals surface area (Å²) in [7, 11) is 0. The molecule has 0 radical (unpaired) electrons. The number of thioether (sulfide) groups is 1. The first-order chi connectivity index (χ1) is 12.0. The Morgan fingerprint density at radius 1 is 1.32 bits per heavy atom. The molecule has 132 valence electrons. The molecule has 0 N–H and O–H groups in total. The van der Waals surface area contributed by atoms with Crippen LogP contribution in [0, 0.1) is 5.92 Å². The van der Waals surface area contributed by atoms with Gasteiger partial charge in [0.15, 0.2) is 0 Å². The molecule has 3 nitrogen and oxygen atoms in total. The summed E-state index contributed by atoms with van der Waals surface area (Å²) in [6.07, 6.45) is 5.70. The van der Waals surface area contributed by atoms with Crippen molar-refractivity contribution < 1.29 is 4.79 Å². The molecule has 25 heavy (non-hydrogen) atoms. The molecule has 1 fully saturated rings. The van der Waals surface area contributed by atoms with Crippen molar-refractivity contribution in [1.29, 1.82) is 0 Å². The smallest absolute Gasteiger partial charge is 0.255 e. The molecule has 1 atom stereocenters. The van der Waals surface area contributed by atoms with Crippen molar-refractivity contribution in [3.63, 3.8) is 0 Å². The van der Waals surface area contributed by atoms with Crippen molar-refractivity contribution in [2.75, 3.05) is 13.1 Å². The largest absolute Gasteiger partial charge is 0.338 e. The van der Waals surface area contributed by atoms with Crippen molar-refractivity contribution in [3.05, 3.63) is 57.8 Å². The molecule has 1 unspecified atom stereocenters. The Kier molecular flexibility index (Phi) is 6.26. The minimum absolute atomic E-state index is 0.0710. The second kappa shape index (κ2) is 8.43. The molecule has 1 amide bonds. The number of piperidine rings is 1. The van der Waals surface area contributed by atoms with E-state index in [0.29, 0.717) is 27.3 Å². The highest BCUT2D eigenvalue weighted by Crippen LogP contribution is 2.35. The van der Waals surface area contributed by atoms with Crippen molar-refractivity contribution in [3.8, 4) is 0 Å². The molecule has 1 aromatic carbocycles. The highest BCUT2D eigenvalue weighted by Gasteiger charge is 2.22. The number of aromatic nitrogens is 1. The summed E-state index contributed by atoms with van der Waals surface area (Å²) < 4.78 is 0. The van der Waals surface area contributed by atoms with Gasteiger partial charge < -0.3 is 4.90 Å². The highest BCUT2D eigenvalue weighted by molar-refractivity contribution is 7.98. The summed E-state index contributed by atoms with van der Waals surface area (Å²) in [5, 5.41) is 1.28. The van der Waals surface area contributed by atoms with Crippen LogP contribution < -0.4 is 0 Å². The third kappa shape index (κ3) is 4.69. The Labute approximate surface area is 162 Å². The van der Waals surface area contributed by atoms with E-state index in [2.05, 4.69) is 11.9 Å². The van der Waals surface area contributed by atoms with Crippen LogP contribution in [0.5, 0.6) is 0 Å². The molecular weight excluding hydrogens is 375 g/mol. The Bertz CT molecular complexity index is 749. The monoisotopic (exact) mass is 394 g/mol. The fourth-order valence-corrected chi connectivity index (χ4v) is 4.62. The second-order valence-electron chi connectivity index (χ2n) is 6.42. The Morgan fingerprint density at radius 3 is 2.80 bits per heavy atom. The minimum atomic E-state index is 0.0710. The van der Waals surface area contributed by atoms with Gasteiger partial charge in [0.1, 0.15) is 0 Å². The van der Waals surface area contributed by atoms with Crippen LogP contribution in [0.15, 0.2) is 41.6 Å². The first kappa shape index (κ1) is 18.6. The summed E-state index contributed by atoms with van der Waals surface area (Å²) in [4.78, 5) is 19.8. The SMILES string of the molecule is CC1CCCN(C(=O)c2cncc(CSc3c(Cl)cccc3Cl)c2)C1. The van der Waals surface area contributed by atoms with Crippen LogP contribution in [-0.4, -0.2) is 28.9 Å². The number of likely N-dealkylation sites (tertiary alicyclic amines) is 1. The van der Waals surface area contributed by atoms with E-state index in [9.17, 15) is 4.79 Å². The third-order valence-corrected chi connectivity index (χ3v) is 6.35. The second-order valence-corrected chi connectivity index (χ2v) is 8.22. The standard InChI is InChI=1S/C19H20Cl2N2OS/c1-13-4-3-7-23(11-13)19(24)15-8-14(9-22-10-15)12-25-18-16(20)5-2-6-17(18)21/h2,5-6,8-10,13H,3-4,7,11-12H2,1H3. The van der Waals surface area contributed by atoms with Gasteiger partial charge in [0.25, 0.3) is 5.91 Å². The van der Waals surface area contributed by atoms with Crippen LogP contribution in [0.3, 0.4) is 0 Å². The zero-order valence-corrected chi connectivity index (χ0v) is 16.4. The lowest BCUT2D eigenvalue weighted by Crippen LogP contribution is -2.39. The quantitative estimate of drug-likeness (QED) is 0.636. The lowest BCUT2D eigenvalue weighted by Gasteiger charge is -2.31. The fraction of sp³-hybridized carbons (Fsp3) is 0.368. The first-order valence-electron chi connectivity index (χ1n) is 8.34. The maximum atomic E-state index is 12.7. The number of carbonyl (C=O) groups excluding carboxylic acids is 1. The fourth-order valence-electron chi connectivity index (χ4n) is 3.02. The molecule has 0 bridgehead atoms. The summed E-state index contributed by atoms with van der Waals surface area (Å²) in [6.45, 7) is 3.85. The molecule has 0 spiro atoms. The van der Waals surface area contributed by atoms with E-state index in [1.807, 2.05) is 29.2 Å². The van der Waals surface area contributed by atoms with E-state index in [1.165, 1.54) is 6.42 Å². The minimum Gasteiger partial charge on any atom is -0.338 e. The van der Waals surface area contributed by atoms with E-state index in [-0.39, 0.29) is 5.91 Å². The van der Waals surface area contributed by atoms with Crippen molar-refractivity contribution >= 4 is 40.9 Å². The van der Waals surface area contributed by atoms with Crippen LogP contribution in [0.2, 0.25) is 10.0 Å². The molecule has 2 heterocycles. The van der Waals surface area contributed by atoms with Gasteiger partial charge in [0.05, 0.1) is 15.6 Å². The van der Waals surface area contributed by atoms with Gasteiger partial charge in [-0.3, -0.25) is 9.78 Å². The normalized spacial score (nSPS) is 17.6. The number of amides is 1. The number of hydrogen-bond acceptors (Lipinski definition) is 3. The van der Waals surface area contributed by atoms with Crippen molar-refractivity contribution in [2.24, 2.45) is 5.92 Å². The maximum Gasteiger partial charge on any atom is 0.255 e. The van der Waals surface area contributed by atoms with Crippen molar-refractivity contribution in [1.82, 2.24) is 9.88 Å². The predicted octanol–water partition coefficient (Wildman–Crippen LogP) is 5.55. The molecular formula is C19H20Cl2N2OS. The number of rotatable bonds is 4. The van der Waals surface area contributed by atoms with Gasteiger partial charge in [0, 0.05) is 36.1 Å². The van der Waals surface area contributed by atoms with Crippen LogP contribution in [0.25, 0.3) is 0 Å². The van der Waals surface area contributed by atoms with E-state index in [4.69, 9.17) is 23.2 Å². The average molecular weight is 395 g/mol. The van der Waals surface area contributed by atoms with Gasteiger partial charge in [-0.2, -0.15) is 0 Å². The van der Waals surface area contributed by atoms with Crippen LogP contribution in [-0.2, 0) is 5.75 Å². The summed E-state index contributed by atoms with van der Waals surface area (Å²) in [5.41, 5.74) is 1.63. The molecule has 2 aromatic rings. The number of pyridine rings is 1. The highest BCUT2D eigenvalue weighted by atomic mass is 35.5. The molecule has 1 saturated heterocycles. The molecule has 6 heteroatoms. The molecule has 1 aromatic heterocycles. The number of nitrogens with zero attached hydrogens (tertiary/aromatic N) is 2. The Morgan fingerprint density at radius 2 is 2.08 bits per heavy atom. The molecule has 3 rings (SSSR count). The van der Waals surface area contributed by atoms with Crippen LogP contribution in [0.1, 0.15) is 35.7 Å². The van der Waals surface area contributed by atoms with E-state index < -0.39 is 0 Å². The van der Waals surface area contributed by atoms with Gasteiger partial charge in [-0.1, -0.05) is 36.2 Å². The summed E-state index contributed by atoms with van der Waals surface area (Å²) in [5.74, 6) is 1.29. The van der Waals surface area contributed by atoms with Crippen LogP contribution in [0.4, 0.5) is 0 Å². The van der Waals surface area contributed by atoms with E-state index in [1.54, 1.807) is 24.2 Å².